The Morgan fingerprint density at radius 3 is 2.71 bits per heavy atom. The van der Waals surface area contributed by atoms with Crippen molar-refractivity contribution < 1.29 is 9.66 Å². The van der Waals surface area contributed by atoms with E-state index in [9.17, 15) is 10.1 Å². The minimum atomic E-state index is -0.380. The Balaban J connectivity index is 2.27. The molecule has 1 aromatic rings. The Labute approximate surface area is 99.3 Å². The molecule has 0 bridgehead atoms. The fourth-order valence-electron chi connectivity index (χ4n) is 1.90. The number of hydrogen-bond donors (Lipinski definition) is 1. The van der Waals surface area contributed by atoms with Crippen molar-refractivity contribution in [3.05, 3.63) is 28.3 Å². The third kappa shape index (κ3) is 2.47. The van der Waals surface area contributed by atoms with E-state index in [4.69, 9.17) is 4.74 Å². The number of nitro benzene ring substituents is 1. The summed E-state index contributed by atoms with van der Waals surface area (Å²) in [5.41, 5.74) is 1.63. The summed E-state index contributed by atoms with van der Waals surface area (Å²) in [6.07, 6.45) is 0. The van der Waals surface area contributed by atoms with Crippen molar-refractivity contribution in [1.29, 1.82) is 0 Å². The van der Waals surface area contributed by atoms with E-state index in [-0.39, 0.29) is 10.6 Å². The fourth-order valence-corrected chi connectivity index (χ4v) is 1.90. The van der Waals surface area contributed by atoms with Gasteiger partial charge in [-0.3, -0.25) is 10.1 Å². The van der Waals surface area contributed by atoms with Crippen LogP contribution >= 0.6 is 0 Å². The molecule has 1 aromatic carbocycles. The Kier molecular flexibility index (Phi) is 3.43. The van der Waals surface area contributed by atoms with E-state index < -0.39 is 0 Å². The van der Waals surface area contributed by atoms with E-state index in [1.165, 1.54) is 6.07 Å². The van der Waals surface area contributed by atoms with Gasteiger partial charge in [0.15, 0.2) is 0 Å². The molecule has 0 saturated carbocycles. The lowest BCUT2D eigenvalue weighted by Crippen LogP contribution is -2.36. The standard InChI is InChI=1S/C11H15N3O3/c1-12-10-8-9(2-3-11(10)14(15)16)13-4-6-17-7-5-13/h2-3,8,12H,4-7H2,1H3. The van der Waals surface area contributed by atoms with Gasteiger partial charge in [0, 0.05) is 31.9 Å². The molecule has 1 N–H and O–H groups in total. The Hall–Kier alpha value is -1.82. The second-order valence-corrected chi connectivity index (χ2v) is 3.81. The molecule has 1 aliphatic rings. The number of benzene rings is 1. The zero-order valence-corrected chi connectivity index (χ0v) is 9.68. The molecule has 1 fully saturated rings. The summed E-state index contributed by atoms with van der Waals surface area (Å²) in [6, 6.07) is 5.13. The first kappa shape index (κ1) is 11.7. The van der Waals surface area contributed by atoms with Crippen molar-refractivity contribution in [3.8, 4) is 0 Å². The van der Waals surface area contributed by atoms with Crippen molar-refractivity contribution in [2.24, 2.45) is 0 Å². The van der Waals surface area contributed by atoms with Gasteiger partial charge in [-0.1, -0.05) is 0 Å². The zero-order valence-electron chi connectivity index (χ0n) is 9.68. The van der Waals surface area contributed by atoms with E-state index in [0.29, 0.717) is 18.9 Å². The molecule has 0 atom stereocenters. The number of hydrogen-bond acceptors (Lipinski definition) is 5. The highest BCUT2D eigenvalue weighted by Crippen LogP contribution is 2.29. The molecule has 6 nitrogen and oxygen atoms in total. The lowest BCUT2D eigenvalue weighted by atomic mass is 10.2. The average molecular weight is 237 g/mol. The van der Waals surface area contributed by atoms with Crippen LogP contribution in [0.15, 0.2) is 18.2 Å². The van der Waals surface area contributed by atoms with Gasteiger partial charge in [0.05, 0.1) is 18.1 Å². The molecule has 92 valence electrons. The van der Waals surface area contributed by atoms with Gasteiger partial charge in [0.25, 0.3) is 5.69 Å². The van der Waals surface area contributed by atoms with Gasteiger partial charge in [-0.25, -0.2) is 0 Å². The summed E-state index contributed by atoms with van der Waals surface area (Å²) < 4.78 is 5.27. The normalized spacial score (nSPS) is 15.7. The lowest BCUT2D eigenvalue weighted by molar-refractivity contribution is -0.383. The van der Waals surface area contributed by atoms with Crippen LogP contribution in [0, 0.1) is 10.1 Å². The molecule has 0 amide bonds. The minimum Gasteiger partial charge on any atom is -0.383 e. The molecule has 6 heteroatoms. The molecule has 17 heavy (non-hydrogen) atoms. The molecule has 0 aromatic heterocycles. The highest BCUT2D eigenvalue weighted by molar-refractivity contribution is 5.68. The highest BCUT2D eigenvalue weighted by Gasteiger charge is 2.17. The van der Waals surface area contributed by atoms with Crippen LogP contribution in [0.4, 0.5) is 17.1 Å². The van der Waals surface area contributed by atoms with E-state index in [1.807, 2.05) is 6.07 Å². The van der Waals surface area contributed by atoms with E-state index in [1.54, 1.807) is 13.1 Å². The Morgan fingerprint density at radius 1 is 1.41 bits per heavy atom. The lowest BCUT2D eigenvalue weighted by Gasteiger charge is -2.29. The van der Waals surface area contributed by atoms with Gasteiger partial charge in [-0.15, -0.1) is 0 Å². The topological polar surface area (TPSA) is 67.6 Å². The van der Waals surface area contributed by atoms with Crippen LogP contribution in [0.3, 0.4) is 0 Å². The van der Waals surface area contributed by atoms with Gasteiger partial charge in [-0.05, 0) is 12.1 Å². The number of rotatable bonds is 3. The maximum Gasteiger partial charge on any atom is 0.292 e. The molecule has 1 heterocycles. The predicted molar refractivity (Wildman–Crippen MR) is 65.7 cm³/mol. The van der Waals surface area contributed by atoms with Gasteiger partial charge in [-0.2, -0.15) is 0 Å². The summed E-state index contributed by atoms with van der Waals surface area (Å²) in [5.74, 6) is 0. The number of anilines is 2. The number of ether oxygens (including phenoxy) is 1. The number of morpholine rings is 1. The summed E-state index contributed by atoms with van der Waals surface area (Å²) in [6.45, 7) is 3.04. The SMILES string of the molecule is CNc1cc(N2CCOCC2)ccc1[N+](=O)[O-]. The van der Waals surface area contributed by atoms with Gasteiger partial charge in [0.2, 0.25) is 0 Å². The van der Waals surface area contributed by atoms with Crippen molar-refractivity contribution >= 4 is 17.1 Å². The smallest absolute Gasteiger partial charge is 0.292 e. The highest BCUT2D eigenvalue weighted by atomic mass is 16.6. The largest absolute Gasteiger partial charge is 0.383 e. The molecule has 0 unspecified atom stereocenters. The van der Waals surface area contributed by atoms with E-state index in [0.717, 1.165) is 18.8 Å². The average Bonchev–Trinajstić information content (AvgIpc) is 2.39. The third-order valence-electron chi connectivity index (χ3n) is 2.82. The third-order valence-corrected chi connectivity index (χ3v) is 2.82. The van der Waals surface area contributed by atoms with Gasteiger partial charge < -0.3 is 15.0 Å². The van der Waals surface area contributed by atoms with Crippen molar-refractivity contribution in [2.75, 3.05) is 43.6 Å². The summed E-state index contributed by atoms with van der Waals surface area (Å²) in [7, 11) is 1.69. The maximum absolute atomic E-state index is 10.8. The van der Waals surface area contributed by atoms with Crippen LogP contribution < -0.4 is 10.2 Å². The van der Waals surface area contributed by atoms with Gasteiger partial charge in [0.1, 0.15) is 5.69 Å². The van der Waals surface area contributed by atoms with Crippen LogP contribution in [0.5, 0.6) is 0 Å². The molecule has 0 radical (unpaired) electrons. The minimum absolute atomic E-state index is 0.101. The molecule has 1 saturated heterocycles. The second-order valence-electron chi connectivity index (χ2n) is 3.81. The maximum atomic E-state index is 10.8. The van der Waals surface area contributed by atoms with Crippen molar-refractivity contribution in [2.45, 2.75) is 0 Å². The first-order valence-corrected chi connectivity index (χ1v) is 5.51. The van der Waals surface area contributed by atoms with E-state index in [2.05, 4.69) is 10.2 Å². The molecule has 2 rings (SSSR count). The molecule has 1 aliphatic heterocycles. The van der Waals surface area contributed by atoms with Crippen LogP contribution in [0.25, 0.3) is 0 Å². The first-order chi connectivity index (χ1) is 8.22. The van der Waals surface area contributed by atoms with E-state index >= 15 is 0 Å². The Morgan fingerprint density at radius 2 is 2.12 bits per heavy atom. The molecular weight excluding hydrogens is 222 g/mol. The first-order valence-electron chi connectivity index (χ1n) is 5.51. The Bertz CT molecular complexity index is 416. The van der Waals surface area contributed by atoms with Crippen molar-refractivity contribution in [3.63, 3.8) is 0 Å². The summed E-state index contributed by atoms with van der Waals surface area (Å²) in [5, 5.41) is 13.7. The fraction of sp³-hybridized carbons (Fsp3) is 0.455. The summed E-state index contributed by atoms with van der Waals surface area (Å²) >= 11 is 0. The number of nitrogens with one attached hydrogen (secondary N) is 1. The number of nitro groups is 1. The molecular formula is C11H15N3O3. The van der Waals surface area contributed by atoms with Crippen LogP contribution in [0.1, 0.15) is 0 Å². The zero-order chi connectivity index (χ0) is 12.3. The van der Waals surface area contributed by atoms with Crippen molar-refractivity contribution in [1.82, 2.24) is 0 Å². The molecule has 0 spiro atoms. The van der Waals surface area contributed by atoms with Crippen LogP contribution in [-0.2, 0) is 4.74 Å². The second kappa shape index (κ2) is 5.01. The monoisotopic (exact) mass is 237 g/mol. The number of nitrogens with zero attached hydrogens (tertiary/aromatic N) is 2. The quantitative estimate of drug-likeness (QED) is 0.637. The van der Waals surface area contributed by atoms with Gasteiger partial charge >= 0.3 is 0 Å². The summed E-state index contributed by atoms with van der Waals surface area (Å²) in [4.78, 5) is 12.6. The van der Waals surface area contributed by atoms with Crippen LogP contribution in [-0.4, -0.2) is 38.3 Å². The predicted octanol–water partition coefficient (Wildman–Crippen LogP) is 1.47. The molecule has 0 aliphatic carbocycles. The van der Waals surface area contributed by atoms with Crippen LogP contribution in [0.2, 0.25) is 0 Å².